The average molecular weight is 251 g/mol. The van der Waals surface area contributed by atoms with Gasteiger partial charge in [0.15, 0.2) is 0 Å². The maximum atomic E-state index is 12.8. The lowest BCUT2D eigenvalue weighted by atomic mass is 10.0. The molecule has 1 aromatic heterocycles. The van der Waals surface area contributed by atoms with Gasteiger partial charge in [-0.05, 0) is 5.56 Å². The van der Waals surface area contributed by atoms with Crippen molar-refractivity contribution < 1.29 is 18.7 Å². The molecule has 1 aromatic rings. The van der Waals surface area contributed by atoms with Crippen molar-refractivity contribution in [3.05, 3.63) is 28.0 Å². The van der Waals surface area contributed by atoms with Crippen molar-refractivity contribution in [3.63, 3.8) is 0 Å². The van der Waals surface area contributed by atoms with E-state index in [4.69, 9.17) is 22.4 Å². The normalized spacial score (nSPS) is 10.8. The van der Waals surface area contributed by atoms with Gasteiger partial charge < -0.3 is 10.8 Å². The molecule has 0 aliphatic rings. The summed E-state index contributed by atoms with van der Waals surface area (Å²) in [4.78, 5) is 14.1. The molecule has 0 bridgehead atoms. The molecule has 0 spiro atoms. The second-order valence-electron chi connectivity index (χ2n) is 3.04. The summed E-state index contributed by atoms with van der Waals surface area (Å²) >= 11 is 5.61. The van der Waals surface area contributed by atoms with Crippen LogP contribution in [0.1, 0.15) is 23.1 Å². The quantitative estimate of drug-likeness (QED) is 0.799. The number of pyridine rings is 1. The molecule has 0 saturated carbocycles. The van der Waals surface area contributed by atoms with Crippen molar-refractivity contribution in [2.45, 2.75) is 19.4 Å². The summed E-state index contributed by atoms with van der Waals surface area (Å²) in [5, 5.41) is 8.45. The van der Waals surface area contributed by atoms with Crippen molar-refractivity contribution in [1.29, 1.82) is 0 Å². The van der Waals surface area contributed by atoms with E-state index in [2.05, 4.69) is 4.98 Å². The molecule has 0 aliphatic heterocycles. The molecule has 4 nitrogen and oxygen atoms in total. The number of hydrogen-bond acceptors (Lipinski definition) is 3. The Hall–Kier alpha value is -1.27. The predicted octanol–water partition coefficient (Wildman–Crippen LogP) is 1.76. The number of nitrogens with two attached hydrogens (primary N) is 1. The van der Waals surface area contributed by atoms with Gasteiger partial charge in [0.25, 0.3) is 6.43 Å². The van der Waals surface area contributed by atoms with Crippen LogP contribution < -0.4 is 5.73 Å². The Morgan fingerprint density at radius 1 is 1.62 bits per heavy atom. The highest BCUT2D eigenvalue weighted by atomic mass is 35.5. The number of carboxylic acid groups (broad SMARTS) is 1. The summed E-state index contributed by atoms with van der Waals surface area (Å²) in [5.41, 5.74) is 4.79. The van der Waals surface area contributed by atoms with E-state index in [1.807, 2.05) is 0 Å². The van der Waals surface area contributed by atoms with Crippen molar-refractivity contribution in [2.75, 3.05) is 0 Å². The molecule has 7 heteroatoms. The molecule has 88 valence electrons. The Labute approximate surface area is 95.0 Å². The van der Waals surface area contributed by atoms with Crippen LogP contribution in [0.2, 0.25) is 5.15 Å². The first kappa shape index (κ1) is 12.8. The van der Waals surface area contributed by atoms with Gasteiger partial charge in [-0.15, -0.1) is 0 Å². The van der Waals surface area contributed by atoms with Gasteiger partial charge in [0.2, 0.25) is 0 Å². The monoisotopic (exact) mass is 250 g/mol. The summed E-state index contributed by atoms with van der Waals surface area (Å²) in [5.74, 6) is -1.21. The lowest BCUT2D eigenvalue weighted by Gasteiger charge is -2.12. The number of carboxylic acids is 1. The summed E-state index contributed by atoms with van der Waals surface area (Å²) < 4.78 is 25.5. The Kier molecular flexibility index (Phi) is 4.14. The zero-order valence-corrected chi connectivity index (χ0v) is 8.84. The van der Waals surface area contributed by atoms with Crippen LogP contribution in [0.15, 0.2) is 6.20 Å². The molecule has 0 unspecified atom stereocenters. The van der Waals surface area contributed by atoms with Crippen molar-refractivity contribution in [1.82, 2.24) is 4.98 Å². The zero-order valence-electron chi connectivity index (χ0n) is 8.08. The molecule has 0 amide bonds. The van der Waals surface area contributed by atoms with Crippen LogP contribution in [0.3, 0.4) is 0 Å². The number of nitrogens with zero attached hydrogens (tertiary/aromatic N) is 1. The third-order valence-electron chi connectivity index (χ3n) is 2.02. The van der Waals surface area contributed by atoms with Crippen LogP contribution in [0.25, 0.3) is 0 Å². The van der Waals surface area contributed by atoms with Crippen molar-refractivity contribution >= 4 is 17.6 Å². The number of alkyl halides is 2. The second-order valence-corrected chi connectivity index (χ2v) is 3.40. The molecule has 1 heterocycles. The highest BCUT2D eigenvalue weighted by Crippen LogP contribution is 2.30. The van der Waals surface area contributed by atoms with E-state index < -0.39 is 24.4 Å². The summed E-state index contributed by atoms with van der Waals surface area (Å²) in [7, 11) is 0. The SMILES string of the molecule is NCc1c(Cl)ncc(CC(=O)O)c1C(F)F. The van der Waals surface area contributed by atoms with Crippen LogP contribution in [0.4, 0.5) is 8.78 Å². The Bertz CT molecular complexity index is 413. The lowest BCUT2D eigenvalue weighted by Crippen LogP contribution is -2.11. The number of carbonyl (C=O) groups is 1. The summed E-state index contributed by atoms with van der Waals surface area (Å²) in [6.07, 6.45) is -2.32. The molecular weight excluding hydrogens is 242 g/mol. The number of hydrogen-bond donors (Lipinski definition) is 2. The second kappa shape index (κ2) is 5.18. The molecule has 0 fully saturated rings. The topological polar surface area (TPSA) is 76.2 Å². The molecular formula is C9H9ClF2N2O2. The first-order valence-electron chi connectivity index (χ1n) is 4.33. The van der Waals surface area contributed by atoms with E-state index in [1.165, 1.54) is 0 Å². The molecule has 1 rings (SSSR count). The van der Waals surface area contributed by atoms with Crippen LogP contribution >= 0.6 is 11.6 Å². The van der Waals surface area contributed by atoms with E-state index in [0.717, 1.165) is 6.20 Å². The largest absolute Gasteiger partial charge is 0.481 e. The van der Waals surface area contributed by atoms with E-state index in [1.54, 1.807) is 0 Å². The van der Waals surface area contributed by atoms with Gasteiger partial charge in [-0.2, -0.15) is 0 Å². The minimum absolute atomic E-state index is 0.00424. The third-order valence-corrected chi connectivity index (χ3v) is 2.34. The van der Waals surface area contributed by atoms with Gasteiger partial charge in [0.1, 0.15) is 5.15 Å². The predicted molar refractivity (Wildman–Crippen MR) is 53.4 cm³/mol. The van der Waals surface area contributed by atoms with E-state index in [-0.39, 0.29) is 22.8 Å². The molecule has 0 aromatic carbocycles. The lowest BCUT2D eigenvalue weighted by molar-refractivity contribution is -0.136. The molecule has 3 N–H and O–H groups in total. The van der Waals surface area contributed by atoms with Gasteiger partial charge in [-0.3, -0.25) is 4.79 Å². The molecule has 0 saturated heterocycles. The van der Waals surface area contributed by atoms with Gasteiger partial charge in [-0.25, -0.2) is 13.8 Å². The Morgan fingerprint density at radius 2 is 2.25 bits per heavy atom. The highest BCUT2D eigenvalue weighted by molar-refractivity contribution is 6.30. The molecule has 0 radical (unpaired) electrons. The third kappa shape index (κ3) is 2.65. The van der Waals surface area contributed by atoms with Crippen LogP contribution in [0.5, 0.6) is 0 Å². The van der Waals surface area contributed by atoms with Crippen LogP contribution in [-0.2, 0) is 17.8 Å². The number of aliphatic carboxylic acids is 1. The molecule has 0 aliphatic carbocycles. The fourth-order valence-corrected chi connectivity index (χ4v) is 1.58. The summed E-state index contributed by atoms with van der Waals surface area (Å²) in [6.45, 7) is -0.209. The minimum Gasteiger partial charge on any atom is -0.481 e. The Balaban J connectivity index is 3.32. The minimum atomic E-state index is -2.83. The average Bonchev–Trinajstić information content (AvgIpc) is 2.18. The van der Waals surface area contributed by atoms with Crippen molar-refractivity contribution in [2.24, 2.45) is 5.73 Å². The fourth-order valence-electron chi connectivity index (χ4n) is 1.36. The van der Waals surface area contributed by atoms with Gasteiger partial charge >= 0.3 is 5.97 Å². The van der Waals surface area contributed by atoms with E-state index >= 15 is 0 Å². The standard InChI is InChI=1S/C9H9ClF2N2O2/c10-8-5(2-13)7(9(11)12)4(3-14-8)1-6(15)16/h3,9H,1-2,13H2,(H,15,16). The van der Waals surface area contributed by atoms with Crippen molar-refractivity contribution in [3.8, 4) is 0 Å². The first-order valence-corrected chi connectivity index (χ1v) is 4.71. The Morgan fingerprint density at radius 3 is 2.69 bits per heavy atom. The van der Waals surface area contributed by atoms with Gasteiger partial charge in [0.05, 0.1) is 6.42 Å². The number of halogens is 3. The first-order chi connectivity index (χ1) is 7.47. The van der Waals surface area contributed by atoms with Crippen LogP contribution in [0, 0.1) is 0 Å². The highest BCUT2D eigenvalue weighted by Gasteiger charge is 2.21. The van der Waals surface area contributed by atoms with E-state index in [0.29, 0.717) is 0 Å². The number of aromatic nitrogens is 1. The molecule has 0 atom stereocenters. The zero-order chi connectivity index (χ0) is 12.3. The summed E-state index contributed by atoms with van der Waals surface area (Å²) in [6, 6.07) is 0. The molecule has 16 heavy (non-hydrogen) atoms. The smallest absolute Gasteiger partial charge is 0.307 e. The van der Waals surface area contributed by atoms with E-state index in [9.17, 15) is 13.6 Å². The maximum Gasteiger partial charge on any atom is 0.307 e. The maximum absolute atomic E-state index is 12.8. The number of rotatable bonds is 4. The van der Waals surface area contributed by atoms with Gasteiger partial charge in [-0.1, -0.05) is 11.6 Å². The fraction of sp³-hybridized carbons (Fsp3) is 0.333. The van der Waals surface area contributed by atoms with Gasteiger partial charge in [0, 0.05) is 23.9 Å². The van der Waals surface area contributed by atoms with Crippen LogP contribution in [-0.4, -0.2) is 16.1 Å².